The summed E-state index contributed by atoms with van der Waals surface area (Å²) < 4.78 is 12.8. The van der Waals surface area contributed by atoms with E-state index in [4.69, 9.17) is 4.74 Å². The van der Waals surface area contributed by atoms with Gasteiger partial charge in [-0.15, -0.1) is 35.2 Å². The van der Waals surface area contributed by atoms with Gasteiger partial charge in [0, 0.05) is 59.5 Å². The van der Waals surface area contributed by atoms with Gasteiger partial charge in [-0.3, -0.25) is 0 Å². The van der Waals surface area contributed by atoms with Gasteiger partial charge in [-0.2, -0.15) is 22.7 Å². The minimum atomic E-state index is -0.872. The first-order chi connectivity index (χ1) is 26.6. The largest absolute Gasteiger partial charge is 0.510 e. The Balaban J connectivity index is 0.00000372. The number of nitrogens with zero attached hydrogens (tertiary/aromatic N) is 6. The number of fused-ring (bicyclic) bond motifs is 11. The van der Waals surface area contributed by atoms with E-state index in [1.165, 1.54) is 0 Å². The third-order valence-corrected chi connectivity index (χ3v) is 11.8. The van der Waals surface area contributed by atoms with E-state index in [-0.39, 0.29) is 21.1 Å². The van der Waals surface area contributed by atoms with Gasteiger partial charge in [0.1, 0.15) is 5.82 Å². The molecule has 9 heteroatoms. The summed E-state index contributed by atoms with van der Waals surface area (Å²) >= 11 is 1.66. The summed E-state index contributed by atoms with van der Waals surface area (Å²) in [6, 6.07) is 52.4. The molecule has 262 valence electrons. The SMILES string of the molecule is C[n+]1[c-]n2c3c(cccc31)C1(c3ccc(Oc4[c-]c5c(cc4)c4ccccc4n5-c4ccccn4)[c-]c3-2)c2cc(C#N)ccc2Sc2ccc(C#N)cc21.[Pt]. The maximum Gasteiger partial charge on any atom is 0.242 e. The number of nitriles is 2. The van der Waals surface area contributed by atoms with Crippen molar-refractivity contribution in [3.8, 4) is 35.1 Å². The monoisotopic (exact) mass is 903 g/mol. The van der Waals surface area contributed by atoms with Crippen LogP contribution in [0.3, 0.4) is 0 Å². The zero-order chi connectivity index (χ0) is 36.1. The van der Waals surface area contributed by atoms with Gasteiger partial charge in [0.2, 0.25) is 6.33 Å². The number of rotatable bonds is 3. The third kappa shape index (κ3) is 4.60. The van der Waals surface area contributed by atoms with Crippen LogP contribution in [0.1, 0.15) is 33.4 Å². The van der Waals surface area contributed by atoms with Crippen LogP contribution in [-0.2, 0) is 33.5 Å². The fourth-order valence-electron chi connectivity index (χ4n) is 8.49. The summed E-state index contributed by atoms with van der Waals surface area (Å²) in [5, 5.41) is 22.4. The molecule has 6 aromatic carbocycles. The number of ether oxygens (including phenoxy) is 1. The average Bonchev–Trinajstić information content (AvgIpc) is 3.74. The van der Waals surface area contributed by atoms with Gasteiger partial charge in [0.05, 0.1) is 41.3 Å². The van der Waals surface area contributed by atoms with Crippen LogP contribution in [0.2, 0.25) is 0 Å². The van der Waals surface area contributed by atoms with E-state index in [1.807, 2.05) is 90.5 Å². The molecule has 0 amide bonds. The standard InChI is InChI=1S/C46H24N6OS.Pt/c1-50-27-51-41-24-31(53-30-14-16-33-32-7-2-3-9-38(32)52(40(33)23-30)44-11-4-5-20-49-44)15-17-34(41)46(35-8-6-10-39(50)45(35)51)36-21-28(25-47)12-18-42(36)54-43-19-13-29(26-48)22-37(43)46;/h2-22H,1H3;/q-2;. The molecule has 0 N–H and O–H groups in total. The van der Waals surface area contributed by atoms with Gasteiger partial charge < -0.3 is 18.4 Å². The number of benzene rings is 6. The Morgan fingerprint density at radius 2 is 1.45 bits per heavy atom. The molecular weight excluding hydrogens is 880 g/mol. The zero-order valence-electron chi connectivity index (χ0n) is 28.9. The molecule has 0 radical (unpaired) electrons. The van der Waals surface area contributed by atoms with Crippen molar-refractivity contribution in [1.82, 2.24) is 14.1 Å². The van der Waals surface area contributed by atoms with Crippen LogP contribution < -0.4 is 9.30 Å². The predicted octanol–water partition coefficient (Wildman–Crippen LogP) is 9.04. The maximum atomic E-state index is 10.1. The molecule has 0 saturated carbocycles. The van der Waals surface area contributed by atoms with Crippen LogP contribution in [0.5, 0.6) is 11.5 Å². The third-order valence-electron chi connectivity index (χ3n) is 10.7. The van der Waals surface area contributed by atoms with Gasteiger partial charge in [-0.05, 0) is 76.7 Å². The van der Waals surface area contributed by atoms with Gasteiger partial charge in [-0.1, -0.05) is 65.4 Å². The molecule has 0 unspecified atom stereocenters. The molecule has 0 bridgehead atoms. The van der Waals surface area contributed by atoms with Crippen LogP contribution in [0.25, 0.3) is 44.3 Å². The second kappa shape index (κ2) is 12.3. The molecule has 3 aromatic heterocycles. The molecule has 0 saturated heterocycles. The second-order valence-electron chi connectivity index (χ2n) is 13.5. The average molecular weight is 904 g/mol. The molecular formula is C46H24N6OPtS-2. The Morgan fingerprint density at radius 1 is 0.727 bits per heavy atom. The van der Waals surface area contributed by atoms with Crippen molar-refractivity contribution in [3.05, 3.63) is 179 Å². The van der Waals surface area contributed by atoms with Crippen LogP contribution in [0, 0.1) is 41.1 Å². The van der Waals surface area contributed by atoms with Crippen LogP contribution >= 0.6 is 11.8 Å². The fraction of sp³-hybridized carbons (Fsp3) is 0.0435. The first-order valence-corrected chi connectivity index (χ1v) is 18.2. The number of para-hydroxylation sites is 2. The fourth-order valence-corrected chi connectivity index (χ4v) is 9.64. The molecule has 0 fully saturated rings. The molecule has 9 aromatic rings. The van der Waals surface area contributed by atoms with Crippen LogP contribution in [-0.4, -0.2) is 14.1 Å². The summed E-state index contributed by atoms with van der Waals surface area (Å²) in [4.78, 5) is 6.77. The topological polar surface area (TPSA) is 83.4 Å². The number of aromatic nitrogens is 4. The molecule has 0 atom stereocenters. The molecule has 0 aliphatic carbocycles. The number of pyridine rings is 1. The summed E-state index contributed by atoms with van der Waals surface area (Å²) in [5.41, 5.74) is 8.87. The van der Waals surface area contributed by atoms with Crippen molar-refractivity contribution < 1.29 is 30.4 Å². The maximum absolute atomic E-state index is 10.1. The van der Waals surface area contributed by atoms with Gasteiger partial charge in [0.25, 0.3) is 0 Å². The van der Waals surface area contributed by atoms with E-state index >= 15 is 0 Å². The molecule has 2 aliphatic rings. The smallest absolute Gasteiger partial charge is 0.242 e. The van der Waals surface area contributed by atoms with E-state index in [2.05, 4.69) is 87.2 Å². The molecule has 11 rings (SSSR count). The van der Waals surface area contributed by atoms with Gasteiger partial charge in [-0.25, -0.2) is 4.98 Å². The van der Waals surface area contributed by atoms with Crippen molar-refractivity contribution in [2.75, 3.05) is 0 Å². The summed E-state index contributed by atoms with van der Waals surface area (Å²) in [6.07, 6.45) is 5.33. The van der Waals surface area contributed by atoms with E-state index < -0.39 is 5.41 Å². The van der Waals surface area contributed by atoms with Gasteiger partial charge >= 0.3 is 0 Å². The molecule has 2 aliphatic heterocycles. The normalized spacial score (nSPS) is 13.1. The van der Waals surface area contributed by atoms with Gasteiger partial charge in [0.15, 0.2) is 0 Å². The Hall–Kier alpha value is -6.44. The number of aryl methyl sites for hydroxylation is 1. The van der Waals surface area contributed by atoms with E-state index in [0.717, 1.165) is 76.4 Å². The summed E-state index contributed by atoms with van der Waals surface area (Å²) in [6.45, 7) is 0. The Labute approximate surface area is 334 Å². The quantitative estimate of drug-likeness (QED) is 0.131. The Kier molecular flexibility index (Phi) is 7.41. The minimum absolute atomic E-state index is 0. The Morgan fingerprint density at radius 3 is 2.20 bits per heavy atom. The zero-order valence-corrected chi connectivity index (χ0v) is 32.0. The van der Waals surface area contributed by atoms with Crippen molar-refractivity contribution in [2.45, 2.75) is 15.2 Å². The van der Waals surface area contributed by atoms with Crippen molar-refractivity contribution in [3.63, 3.8) is 0 Å². The first-order valence-electron chi connectivity index (χ1n) is 17.4. The van der Waals surface area contributed by atoms with Crippen molar-refractivity contribution in [1.29, 1.82) is 10.5 Å². The molecule has 5 heterocycles. The number of imidazole rings is 1. The minimum Gasteiger partial charge on any atom is -0.510 e. The summed E-state index contributed by atoms with van der Waals surface area (Å²) in [7, 11) is 1.99. The molecule has 7 nitrogen and oxygen atoms in total. The van der Waals surface area contributed by atoms with Crippen molar-refractivity contribution in [2.24, 2.45) is 7.05 Å². The van der Waals surface area contributed by atoms with E-state index in [1.54, 1.807) is 18.0 Å². The van der Waals surface area contributed by atoms with E-state index in [9.17, 15) is 10.5 Å². The second-order valence-corrected chi connectivity index (χ2v) is 14.6. The van der Waals surface area contributed by atoms with Crippen LogP contribution in [0.4, 0.5) is 0 Å². The Bertz CT molecular complexity index is 3110. The summed E-state index contributed by atoms with van der Waals surface area (Å²) in [5.74, 6) is 1.85. The number of hydrogen-bond donors (Lipinski definition) is 0. The van der Waals surface area contributed by atoms with Crippen LogP contribution in [0.15, 0.2) is 137 Å². The van der Waals surface area contributed by atoms with Crippen molar-refractivity contribution >= 4 is 44.6 Å². The number of hydrogen-bond acceptors (Lipinski definition) is 5. The molecule has 1 spiro atoms. The first kappa shape index (κ1) is 33.2. The van der Waals surface area contributed by atoms with E-state index in [0.29, 0.717) is 22.6 Å². The molecule has 55 heavy (non-hydrogen) atoms. The predicted molar refractivity (Wildman–Crippen MR) is 205 cm³/mol.